The Kier molecular flexibility index (Phi) is 1.97. The molecular formula is C13H20O. The fourth-order valence-corrected chi connectivity index (χ4v) is 4.42. The molecule has 3 rings (SSSR count). The molecule has 3 fully saturated rings. The number of carbonyl (C=O) groups is 1. The Hall–Kier alpha value is -0.330. The van der Waals surface area contributed by atoms with Crippen LogP contribution in [0.2, 0.25) is 0 Å². The SMILES string of the molecule is O=C1CC2CC1C1(CCCCCC1)C2. The van der Waals surface area contributed by atoms with Crippen LogP contribution in [0.25, 0.3) is 0 Å². The molecule has 0 aromatic heterocycles. The largest absolute Gasteiger partial charge is 0.299 e. The van der Waals surface area contributed by atoms with Crippen LogP contribution in [0.5, 0.6) is 0 Å². The molecule has 0 radical (unpaired) electrons. The second kappa shape index (κ2) is 3.08. The van der Waals surface area contributed by atoms with E-state index in [2.05, 4.69) is 0 Å². The first-order valence-electron chi connectivity index (χ1n) is 6.33. The molecule has 2 atom stereocenters. The zero-order chi connectivity index (χ0) is 9.60. The van der Waals surface area contributed by atoms with E-state index in [-0.39, 0.29) is 0 Å². The Morgan fingerprint density at radius 2 is 1.79 bits per heavy atom. The zero-order valence-corrected chi connectivity index (χ0v) is 8.93. The van der Waals surface area contributed by atoms with Crippen molar-refractivity contribution in [1.82, 2.24) is 0 Å². The molecular weight excluding hydrogens is 172 g/mol. The van der Waals surface area contributed by atoms with E-state index in [1.54, 1.807) is 0 Å². The van der Waals surface area contributed by atoms with Crippen LogP contribution in [-0.4, -0.2) is 5.78 Å². The molecule has 2 bridgehead atoms. The van der Waals surface area contributed by atoms with Crippen molar-refractivity contribution in [2.24, 2.45) is 17.3 Å². The minimum absolute atomic E-state index is 0.491. The summed E-state index contributed by atoms with van der Waals surface area (Å²) in [5.41, 5.74) is 0.497. The van der Waals surface area contributed by atoms with Gasteiger partial charge in [0.05, 0.1) is 0 Å². The maximum atomic E-state index is 11.8. The smallest absolute Gasteiger partial charge is 0.136 e. The molecule has 2 unspecified atom stereocenters. The van der Waals surface area contributed by atoms with E-state index in [4.69, 9.17) is 0 Å². The summed E-state index contributed by atoms with van der Waals surface area (Å²) in [5.74, 6) is 1.89. The van der Waals surface area contributed by atoms with Crippen LogP contribution in [0, 0.1) is 17.3 Å². The highest BCUT2D eigenvalue weighted by molar-refractivity contribution is 5.85. The van der Waals surface area contributed by atoms with Gasteiger partial charge in [-0.2, -0.15) is 0 Å². The molecule has 3 aliphatic carbocycles. The molecule has 0 saturated heterocycles. The summed E-state index contributed by atoms with van der Waals surface area (Å²) in [6.07, 6.45) is 11.9. The van der Waals surface area contributed by atoms with Crippen LogP contribution in [0.4, 0.5) is 0 Å². The first-order chi connectivity index (χ1) is 6.80. The fourth-order valence-electron chi connectivity index (χ4n) is 4.42. The van der Waals surface area contributed by atoms with E-state index in [0.717, 1.165) is 12.3 Å². The van der Waals surface area contributed by atoms with Gasteiger partial charge in [0.25, 0.3) is 0 Å². The van der Waals surface area contributed by atoms with E-state index in [9.17, 15) is 4.79 Å². The minimum atomic E-state index is 0.491. The molecule has 0 heterocycles. The Labute approximate surface area is 86.3 Å². The van der Waals surface area contributed by atoms with Crippen LogP contribution in [-0.2, 0) is 4.79 Å². The average Bonchev–Trinajstić information content (AvgIpc) is 2.56. The number of carbonyl (C=O) groups excluding carboxylic acids is 1. The molecule has 1 nitrogen and oxygen atoms in total. The molecule has 0 N–H and O–H groups in total. The van der Waals surface area contributed by atoms with E-state index in [1.165, 1.54) is 51.4 Å². The Balaban J connectivity index is 1.85. The third-order valence-corrected chi connectivity index (χ3v) is 4.98. The predicted octanol–water partition coefficient (Wildman–Crippen LogP) is 3.33. The molecule has 1 heteroatoms. The molecule has 0 amide bonds. The van der Waals surface area contributed by atoms with Gasteiger partial charge in [-0.05, 0) is 37.0 Å². The summed E-state index contributed by atoms with van der Waals surface area (Å²) in [7, 11) is 0. The Morgan fingerprint density at radius 1 is 1.07 bits per heavy atom. The first kappa shape index (κ1) is 8.94. The van der Waals surface area contributed by atoms with E-state index in [1.807, 2.05) is 0 Å². The zero-order valence-electron chi connectivity index (χ0n) is 8.93. The van der Waals surface area contributed by atoms with E-state index >= 15 is 0 Å². The second-order valence-corrected chi connectivity index (χ2v) is 5.81. The summed E-state index contributed by atoms with van der Waals surface area (Å²) in [6.45, 7) is 0. The lowest BCUT2D eigenvalue weighted by Gasteiger charge is -2.36. The fraction of sp³-hybridized carbons (Fsp3) is 0.923. The number of rotatable bonds is 0. The predicted molar refractivity (Wildman–Crippen MR) is 56.0 cm³/mol. The quantitative estimate of drug-likeness (QED) is 0.575. The van der Waals surface area contributed by atoms with Gasteiger partial charge >= 0.3 is 0 Å². The van der Waals surface area contributed by atoms with Crippen LogP contribution >= 0.6 is 0 Å². The van der Waals surface area contributed by atoms with Gasteiger partial charge in [0.1, 0.15) is 5.78 Å². The molecule has 0 aromatic rings. The summed E-state index contributed by atoms with van der Waals surface area (Å²) >= 11 is 0. The van der Waals surface area contributed by atoms with Crippen LogP contribution in [0.15, 0.2) is 0 Å². The lowest BCUT2D eigenvalue weighted by molar-refractivity contribution is -0.126. The first-order valence-corrected chi connectivity index (χ1v) is 6.33. The highest BCUT2D eigenvalue weighted by Gasteiger charge is 2.54. The van der Waals surface area contributed by atoms with Gasteiger partial charge in [-0.25, -0.2) is 0 Å². The van der Waals surface area contributed by atoms with Crippen molar-refractivity contribution in [2.75, 3.05) is 0 Å². The standard InChI is InChI=1S/C13H20O/c14-12-8-10-7-11(12)13(9-10)5-3-1-2-4-6-13/h10-11H,1-9H2. The lowest BCUT2D eigenvalue weighted by Crippen LogP contribution is -2.32. The summed E-state index contributed by atoms with van der Waals surface area (Å²) in [6, 6.07) is 0. The van der Waals surface area contributed by atoms with Crippen molar-refractivity contribution in [3.63, 3.8) is 0 Å². The topological polar surface area (TPSA) is 17.1 Å². The highest BCUT2D eigenvalue weighted by atomic mass is 16.1. The molecule has 14 heavy (non-hydrogen) atoms. The monoisotopic (exact) mass is 192 g/mol. The van der Waals surface area contributed by atoms with Gasteiger partial charge in [0.15, 0.2) is 0 Å². The van der Waals surface area contributed by atoms with Crippen molar-refractivity contribution >= 4 is 5.78 Å². The average molecular weight is 192 g/mol. The van der Waals surface area contributed by atoms with Crippen molar-refractivity contribution < 1.29 is 4.79 Å². The Bertz CT molecular complexity index is 248. The van der Waals surface area contributed by atoms with Gasteiger partial charge in [0, 0.05) is 12.3 Å². The van der Waals surface area contributed by atoms with Crippen molar-refractivity contribution in [3.05, 3.63) is 0 Å². The number of ketones is 1. The number of hydrogen-bond donors (Lipinski definition) is 0. The second-order valence-electron chi connectivity index (χ2n) is 5.81. The third kappa shape index (κ3) is 1.17. The third-order valence-electron chi connectivity index (χ3n) is 4.98. The van der Waals surface area contributed by atoms with Crippen molar-refractivity contribution in [2.45, 2.75) is 57.8 Å². The van der Waals surface area contributed by atoms with Crippen molar-refractivity contribution in [1.29, 1.82) is 0 Å². The molecule has 1 spiro atoms. The normalized spacial score (nSPS) is 40.4. The molecule has 0 aliphatic heterocycles. The number of fused-ring (bicyclic) bond motifs is 3. The highest BCUT2D eigenvalue weighted by Crippen LogP contribution is 2.59. The van der Waals surface area contributed by atoms with Gasteiger partial charge in [-0.1, -0.05) is 25.7 Å². The van der Waals surface area contributed by atoms with Crippen LogP contribution in [0.3, 0.4) is 0 Å². The van der Waals surface area contributed by atoms with Crippen LogP contribution in [0.1, 0.15) is 57.8 Å². The summed E-state index contributed by atoms with van der Waals surface area (Å²) in [5, 5.41) is 0. The van der Waals surface area contributed by atoms with Gasteiger partial charge in [0.2, 0.25) is 0 Å². The van der Waals surface area contributed by atoms with Crippen LogP contribution < -0.4 is 0 Å². The summed E-state index contributed by atoms with van der Waals surface area (Å²) < 4.78 is 0. The lowest BCUT2D eigenvalue weighted by atomic mass is 9.68. The maximum Gasteiger partial charge on any atom is 0.136 e. The molecule has 3 aliphatic rings. The van der Waals surface area contributed by atoms with Crippen molar-refractivity contribution in [3.8, 4) is 0 Å². The van der Waals surface area contributed by atoms with E-state index in [0.29, 0.717) is 17.1 Å². The van der Waals surface area contributed by atoms with Gasteiger partial charge < -0.3 is 0 Å². The maximum absolute atomic E-state index is 11.8. The molecule has 78 valence electrons. The van der Waals surface area contributed by atoms with Gasteiger partial charge in [-0.15, -0.1) is 0 Å². The molecule has 0 aromatic carbocycles. The Morgan fingerprint density at radius 3 is 2.36 bits per heavy atom. The molecule has 3 saturated carbocycles. The summed E-state index contributed by atoms with van der Waals surface area (Å²) in [4.78, 5) is 11.8. The van der Waals surface area contributed by atoms with E-state index < -0.39 is 0 Å². The number of hydrogen-bond acceptors (Lipinski definition) is 1. The number of Topliss-reactive ketones (excluding diaryl/α,β-unsaturated/α-hetero) is 1. The van der Waals surface area contributed by atoms with Gasteiger partial charge in [-0.3, -0.25) is 4.79 Å². The minimum Gasteiger partial charge on any atom is -0.299 e.